The SMILES string of the molecule is Cc1cccc(N2CCN(CCCNC(=O)c3cc4ccccc4cc3O)CC2)c1. The van der Waals surface area contributed by atoms with Crippen LogP contribution in [0.3, 0.4) is 0 Å². The molecule has 1 amide bonds. The summed E-state index contributed by atoms with van der Waals surface area (Å²) in [5.41, 5.74) is 2.93. The molecule has 3 aromatic carbocycles. The smallest absolute Gasteiger partial charge is 0.255 e. The zero-order valence-corrected chi connectivity index (χ0v) is 17.5. The number of benzene rings is 3. The van der Waals surface area contributed by atoms with Crippen LogP contribution >= 0.6 is 0 Å². The number of carbonyl (C=O) groups is 1. The first-order chi connectivity index (χ1) is 14.6. The molecule has 1 fully saturated rings. The Labute approximate surface area is 177 Å². The highest BCUT2D eigenvalue weighted by molar-refractivity contribution is 6.01. The van der Waals surface area contributed by atoms with Crippen molar-refractivity contribution in [3.8, 4) is 5.75 Å². The number of rotatable bonds is 6. The van der Waals surface area contributed by atoms with E-state index < -0.39 is 0 Å². The molecule has 1 aliphatic rings. The van der Waals surface area contributed by atoms with Gasteiger partial charge in [0.05, 0.1) is 5.56 Å². The zero-order chi connectivity index (χ0) is 20.9. The number of carbonyl (C=O) groups excluding carboxylic acids is 1. The lowest BCUT2D eigenvalue weighted by Gasteiger charge is -2.36. The monoisotopic (exact) mass is 403 g/mol. The number of fused-ring (bicyclic) bond motifs is 1. The third-order valence-corrected chi connectivity index (χ3v) is 5.78. The lowest BCUT2D eigenvalue weighted by Crippen LogP contribution is -2.47. The van der Waals surface area contributed by atoms with Gasteiger partial charge in [0, 0.05) is 38.4 Å². The summed E-state index contributed by atoms with van der Waals surface area (Å²) in [6.07, 6.45) is 0.893. The standard InChI is InChI=1S/C25H29N3O2/c1-19-6-4-9-22(16-19)28-14-12-27(13-15-28)11-5-10-26-25(30)23-17-20-7-2-3-8-21(20)18-24(23)29/h2-4,6-9,16-18,29H,5,10-15H2,1H3,(H,26,30). The number of nitrogens with one attached hydrogen (secondary N) is 1. The van der Waals surface area contributed by atoms with E-state index in [4.69, 9.17) is 0 Å². The minimum Gasteiger partial charge on any atom is -0.507 e. The van der Waals surface area contributed by atoms with E-state index in [0.29, 0.717) is 12.1 Å². The van der Waals surface area contributed by atoms with Crippen molar-refractivity contribution in [3.63, 3.8) is 0 Å². The van der Waals surface area contributed by atoms with Crippen molar-refractivity contribution in [1.29, 1.82) is 0 Å². The molecule has 2 N–H and O–H groups in total. The molecular weight excluding hydrogens is 374 g/mol. The molecule has 0 spiro atoms. The molecule has 0 unspecified atom stereocenters. The molecule has 1 saturated heterocycles. The summed E-state index contributed by atoms with van der Waals surface area (Å²) >= 11 is 0. The maximum absolute atomic E-state index is 12.5. The van der Waals surface area contributed by atoms with E-state index in [2.05, 4.69) is 46.3 Å². The molecule has 0 radical (unpaired) electrons. The van der Waals surface area contributed by atoms with Gasteiger partial charge in [0.25, 0.3) is 5.91 Å². The van der Waals surface area contributed by atoms with E-state index in [1.807, 2.05) is 24.3 Å². The van der Waals surface area contributed by atoms with Crippen molar-refractivity contribution in [3.05, 3.63) is 71.8 Å². The van der Waals surface area contributed by atoms with Crippen LogP contribution in [-0.4, -0.2) is 55.2 Å². The van der Waals surface area contributed by atoms with Gasteiger partial charge < -0.3 is 15.3 Å². The molecule has 3 aromatic rings. The maximum atomic E-state index is 12.5. The molecule has 30 heavy (non-hydrogen) atoms. The lowest BCUT2D eigenvalue weighted by atomic mass is 10.1. The van der Waals surface area contributed by atoms with Crippen LogP contribution in [0.1, 0.15) is 22.3 Å². The van der Waals surface area contributed by atoms with Crippen molar-refractivity contribution in [1.82, 2.24) is 10.2 Å². The summed E-state index contributed by atoms with van der Waals surface area (Å²) in [6, 6.07) is 19.8. The summed E-state index contributed by atoms with van der Waals surface area (Å²) in [5.74, 6) is -0.194. The minimum atomic E-state index is -0.220. The van der Waals surface area contributed by atoms with Crippen LogP contribution in [0, 0.1) is 6.92 Å². The number of aromatic hydroxyl groups is 1. The number of hydrogen-bond acceptors (Lipinski definition) is 4. The fourth-order valence-corrected chi connectivity index (χ4v) is 4.06. The first kappa shape index (κ1) is 20.2. The van der Waals surface area contributed by atoms with Crippen LogP contribution in [0.4, 0.5) is 5.69 Å². The highest BCUT2D eigenvalue weighted by Crippen LogP contribution is 2.25. The Morgan fingerprint density at radius 1 is 0.967 bits per heavy atom. The second-order valence-electron chi connectivity index (χ2n) is 7.99. The van der Waals surface area contributed by atoms with Gasteiger partial charge in [0.2, 0.25) is 0 Å². The van der Waals surface area contributed by atoms with Gasteiger partial charge in [-0.1, -0.05) is 36.4 Å². The third-order valence-electron chi connectivity index (χ3n) is 5.78. The molecule has 1 aliphatic heterocycles. The molecular formula is C25H29N3O2. The van der Waals surface area contributed by atoms with Crippen molar-refractivity contribution < 1.29 is 9.90 Å². The molecule has 5 heteroatoms. The fourth-order valence-electron chi connectivity index (χ4n) is 4.06. The van der Waals surface area contributed by atoms with Gasteiger partial charge in [-0.25, -0.2) is 0 Å². The molecule has 4 rings (SSSR count). The second kappa shape index (κ2) is 9.18. The fraction of sp³-hybridized carbons (Fsp3) is 0.320. The number of aryl methyl sites for hydroxylation is 1. The molecule has 0 aliphatic carbocycles. The van der Waals surface area contributed by atoms with Crippen molar-refractivity contribution >= 4 is 22.4 Å². The quantitative estimate of drug-likeness (QED) is 0.615. The lowest BCUT2D eigenvalue weighted by molar-refractivity contribution is 0.0949. The minimum absolute atomic E-state index is 0.0264. The Bertz CT molecular complexity index is 1030. The number of amides is 1. The van der Waals surface area contributed by atoms with Crippen molar-refractivity contribution in [2.24, 2.45) is 0 Å². The number of piperazine rings is 1. The number of hydrogen-bond donors (Lipinski definition) is 2. The van der Waals surface area contributed by atoms with Crippen LogP contribution in [0.2, 0.25) is 0 Å². The summed E-state index contributed by atoms with van der Waals surface area (Å²) < 4.78 is 0. The predicted octanol–water partition coefficient (Wildman–Crippen LogP) is 3.80. The van der Waals surface area contributed by atoms with Gasteiger partial charge >= 0.3 is 0 Å². The Morgan fingerprint density at radius 3 is 2.43 bits per heavy atom. The highest BCUT2D eigenvalue weighted by atomic mass is 16.3. The van der Waals surface area contributed by atoms with Crippen molar-refractivity contribution in [2.75, 3.05) is 44.2 Å². The Morgan fingerprint density at radius 2 is 1.70 bits per heavy atom. The van der Waals surface area contributed by atoms with Gasteiger partial charge in [-0.15, -0.1) is 0 Å². The topological polar surface area (TPSA) is 55.8 Å². The molecule has 1 heterocycles. The third kappa shape index (κ3) is 4.74. The van der Waals surface area contributed by atoms with Crippen LogP contribution < -0.4 is 10.2 Å². The van der Waals surface area contributed by atoms with E-state index in [-0.39, 0.29) is 11.7 Å². The summed E-state index contributed by atoms with van der Waals surface area (Å²) in [4.78, 5) is 17.4. The van der Waals surface area contributed by atoms with Gasteiger partial charge in [0.1, 0.15) is 5.75 Å². The van der Waals surface area contributed by atoms with E-state index in [1.54, 1.807) is 12.1 Å². The zero-order valence-electron chi connectivity index (χ0n) is 17.5. The number of phenols is 1. The van der Waals surface area contributed by atoms with E-state index in [1.165, 1.54) is 11.3 Å². The molecule has 0 bridgehead atoms. The van der Waals surface area contributed by atoms with Gasteiger partial charge in [-0.3, -0.25) is 9.69 Å². The van der Waals surface area contributed by atoms with E-state index >= 15 is 0 Å². The van der Waals surface area contributed by atoms with Crippen LogP contribution in [-0.2, 0) is 0 Å². The first-order valence-electron chi connectivity index (χ1n) is 10.6. The van der Waals surface area contributed by atoms with E-state index in [9.17, 15) is 9.90 Å². The van der Waals surface area contributed by atoms with Crippen LogP contribution in [0.15, 0.2) is 60.7 Å². The van der Waals surface area contributed by atoms with Gasteiger partial charge in [-0.05, 0) is 60.5 Å². The summed E-state index contributed by atoms with van der Waals surface area (Å²) in [7, 11) is 0. The average molecular weight is 404 g/mol. The predicted molar refractivity (Wildman–Crippen MR) is 122 cm³/mol. The Kier molecular flexibility index (Phi) is 6.19. The maximum Gasteiger partial charge on any atom is 0.255 e. The van der Waals surface area contributed by atoms with E-state index in [0.717, 1.165) is 49.9 Å². The second-order valence-corrected chi connectivity index (χ2v) is 7.99. The Hall–Kier alpha value is -3.05. The summed E-state index contributed by atoms with van der Waals surface area (Å²) in [5, 5.41) is 15.0. The summed E-state index contributed by atoms with van der Waals surface area (Å²) in [6.45, 7) is 7.82. The van der Waals surface area contributed by atoms with Crippen LogP contribution in [0.5, 0.6) is 5.75 Å². The van der Waals surface area contributed by atoms with Crippen molar-refractivity contribution in [2.45, 2.75) is 13.3 Å². The normalized spacial score (nSPS) is 14.8. The Balaban J connectivity index is 1.22. The molecule has 5 nitrogen and oxygen atoms in total. The molecule has 156 valence electrons. The molecule has 0 saturated carbocycles. The number of anilines is 1. The average Bonchev–Trinajstić information content (AvgIpc) is 2.76. The highest BCUT2D eigenvalue weighted by Gasteiger charge is 2.17. The number of nitrogens with zero attached hydrogens (tertiary/aromatic N) is 2. The van der Waals surface area contributed by atoms with Gasteiger partial charge in [0.15, 0.2) is 0 Å². The first-order valence-corrected chi connectivity index (χ1v) is 10.6. The van der Waals surface area contributed by atoms with Crippen LogP contribution in [0.25, 0.3) is 10.8 Å². The molecule has 0 atom stereocenters. The largest absolute Gasteiger partial charge is 0.507 e. The molecule has 0 aromatic heterocycles. The number of phenolic OH excluding ortho intramolecular Hbond substituents is 1. The van der Waals surface area contributed by atoms with Gasteiger partial charge in [-0.2, -0.15) is 0 Å².